The monoisotopic (exact) mass is 603 g/mol. The summed E-state index contributed by atoms with van der Waals surface area (Å²) in [6, 6.07) is 24.5. The summed E-state index contributed by atoms with van der Waals surface area (Å²) in [4.78, 5) is 31.0. The zero-order valence-corrected chi connectivity index (χ0v) is 24.3. The van der Waals surface area contributed by atoms with E-state index in [0.29, 0.717) is 42.8 Å². The number of aliphatic imine (C=N–C) groups is 1. The normalized spacial score (nSPS) is 15.1. The zero-order valence-electron chi connectivity index (χ0n) is 22.0. The molecule has 0 bridgehead atoms. The lowest BCUT2D eigenvalue weighted by molar-refractivity contribution is -0.384. The second kappa shape index (κ2) is 12.2. The maximum absolute atomic E-state index is 13.8. The smallest absolute Gasteiger partial charge is 0.271 e. The molecule has 4 aromatic rings. The number of amides is 1. The summed E-state index contributed by atoms with van der Waals surface area (Å²) in [5.74, 6) is 0.310. The van der Waals surface area contributed by atoms with Crippen LogP contribution in [-0.4, -0.2) is 16.0 Å². The molecule has 0 spiro atoms. The third-order valence-electron chi connectivity index (χ3n) is 6.35. The van der Waals surface area contributed by atoms with Gasteiger partial charge in [-0.15, -0.1) is 0 Å². The Kier molecular flexibility index (Phi) is 8.44. The van der Waals surface area contributed by atoms with E-state index in [2.05, 4.69) is 0 Å². The molecule has 1 saturated heterocycles. The molecule has 1 aliphatic rings. The molecule has 4 aromatic carbocycles. The summed E-state index contributed by atoms with van der Waals surface area (Å²) in [5.41, 5.74) is 4.53. The summed E-state index contributed by atoms with van der Waals surface area (Å²) >= 11 is 14.0. The van der Waals surface area contributed by atoms with Gasteiger partial charge < -0.3 is 4.74 Å². The minimum Gasteiger partial charge on any atom is -0.488 e. The molecule has 0 aromatic heterocycles. The number of carbonyl (C=O) groups is 1. The van der Waals surface area contributed by atoms with Crippen molar-refractivity contribution in [3.8, 4) is 5.75 Å². The van der Waals surface area contributed by atoms with Crippen LogP contribution in [0.15, 0.2) is 94.8 Å². The van der Waals surface area contributed by atoms with Gasteiger partial charge in [0.1, 0.15) is 12.4 Å². The number of hydrogen-bond donors (Lipinski definition) is 0. The van der Waals surface area contributed by atoms with Gasteiger partial charge >= 0.3 is 0 Å². The Morgan fingerprint density at radius 1 is 0.951 bits per heavy atom. The lowest BCUT2D eigenvalue weighted by Gasteiger charge is -2.16. The Balaban J connectivity index is 1.48. The summed E-state index contributed by atoms with van der Waals surface area (Å²) in [5, 5.41) is 12.5. The second-order valence-corrected chi connectivity index (χ2v) is 11.1. The number of non-ortho nitro benzene ring substituents is 1. The molecule has 0 saturated carbocycles. The van der Waals surface area contributed by atoms with E-state index in [1.807, 2.05) is 62.4 Å². The Hall–Kier alpha value is -4.11. The largest absolute Gasteiger partial charge is 0.488 e. The fourth-order valence-electron chi connectivity index (χ4n) is 4.01. The second-order valence-electron chi connectivity index (χ2n) is 9.26. The molecule has 0 unspecified atom stereocenters. The fourth-order valence-corrected chi connectivity index (χ4v) is 5.35. The molecule has 0 atom stereocenters. The zero-order chi connectivity index (χ0) is 29.1. The molecule has 10 heteroatoms. The van der Waals surface area contributed by atoms with Gasteiger partial charge in [-0.1, -0.05) is 53.5 Å². The van der Waals surface area contributed by atoms with E-state index >= 15 is 0 Å². The van der Waals surface area contributed by atoms with Crippen LogP contribution in [0.25, 0.3) is 6.08 Å². The van der Waals surface area contributed by atoms with Gasteiger partial charge in [0.05, 0.1) is 21.2 Å². The molecule has 7 nitrogen and oxygen atoms in total. The number of hydrogen-bond acceptors (Lipinski definition) is 6. The summed E-state index contributed by atoms with van der Waals surface area (Å²) in [6.45, 7) is 4.01. The highest BCUT2D eigenvalue weighted by molar-refractivity contribution is 8.19. The molecule has 5 rings (SSSR count). The summed E-state index contributed by atoms with van der Waals surface area (Å²) in [6.07, 6.45) is 1.77. The Morgan fingerprint density at radius 3 is 2.32 bits per heavy atom. The van der Waals surface area contributed by atoms with E-state index in [-0.39, 0.29) is 18.2 Å². The van der Waals surface area contributed by atoms with Gasteiger partial charge in [0.2, 0.25) is 0 Å². The van der Waals surface area contributed by atoms with Crippen molar-refractivity contribution in [1.29, 1.82) is 0 Å². The molecule has 1 amide bonds. The Labute approximate surface area is 251 Å². The van der Waals surface area contributed by atoms with Crippen LogP contribution in [-0.2, 0) is 11.4 Å². The highest BCUT2D eigenvalue weighted by Gasteiger charge is 2.35. The average molecular weight is 605 g/mol. The number of ether oxygens (including phenoxy) is 1. The maximum atomic E-state index is 13.8. The molecule has 0 N–H and O–H groups in total. The number of benzene rings is 4. The van der Waals surface area contributed by atoms with Crippen LogP contribution in [0.5, 0.6) is 5.75 Å². The summed E-state index contributed by atoms with van der Waals surface area (Å²) < 4.78 is 6.05. The lowest BCUT2D eigenvalue weighted by Crippen LogP contribution is -2.28. The molecule has 206 valence electrons. The quantitative estimate of drug-likeness (QED) is 0.120. The molecule has 1 fully saturated rings. The SMILES string of the molecule is Cc1ccc(N=C2S/C(=C/c3ccccc3OCc3ccc([N+](=O)[O-])cc3)C(=O)N2c2ccc(C)c(Cl)c2)cc1Cl. The van der Waals surface area contributed by atoms with Crippen molar-refractivity contribution in [2.75, 3.05) is 4.90 Å². The minimum atomic E-state index is -0.443. The molecule has 0 radical (unpaired) electrons. The van der Waals surface area contributed by atoms with E-state index in [1.54, 1.807) is 30.3 Å². The van der Waals surface area contributed by atoms with E-state index in [0.717, 1.165) is 16.7 Å². The molecule has 41 heavy (non-hydrogen) atoms. The van der Waals surface area contributed by atoms with Crippen molar-refractivity contribution < 1.29 is 14.5 Å². The molecular formula is C31H23Cl2N3O4S. The van der Waals surface area contributed by atoms with Gasteiger partial charge in [0.15, 0.2) is 5.17 Å². The van der Waals surface area contributed by atoms with Crippen molar-refractivity contribution in [2.24, 2.45) is 4.99 Å². The van der Waals surface area contributed by atoms with Crippen LogP contribution < -0.4 is 9.64 Å². The van der Waals surface area contributed by atoms with Crippen LogP contribution in [0.2, 0.25) is 10.0 Å². The van der Waals surface area contributed by atoms with Crippen molar-refractivity contribution in [1.82, 2.24) is 0 Å². The van der Waals surface area contributed by atoms with Gasteiger partial charge in [-0.05, 0) is 90.8 Å². The van der Waals surface area contributed by atoms with Gasteiger partial charge in [-0.3, -0.25) is 19.8 Å². The first kappa shape index (κ1) is 28.4. The predicted octanol–water partition coefficient (Wildman–Crippen LogP) is 8.91. The molecule has 0 aliphatic carbocycles. The molecular weight excluding hydrogens is 581 g/mol. The van der Waals surface area contributed by atoms with Gasteiger partial charge in [-0.25, -0.2) is 4.99 Å². The van der Waals surface area contributed by atoms with Gasteiger partial charge in [-0.2, -0.15) is 0 Å². The first-order valence-electron chi connectivity index (χ1n) is 12.5. The minimum absolute atomic E-state index is 0.0143. The number of para-hydroxylation sites is 1. The third kappa shape index (κ3) is 6.46. The highest BCUT2D eigenvalue weighted by atomic mass is 35.5. The van der Waals surface area contributed by atoms with Crippen LogP contribution in [0, 0.1) is 24.0 Å². The van der Waals surface area contributed by atoms with Crippen molar-refractivity contribution in [2.45, 2.75) is 20.5 Å². The Morgan fingerprint density at radius 2 is 1.63 bits per heavy atom. The number of thioether (sulfide) groups is 1. The van der Waals surface area contributed by atoms with Crippen molar-refractivity contribution in [3.63, 3.8) is 0 Å². The van der Waals surface area contributed by atoms with E-state index in [1.165, 1.54) is 28.8 Å². The van der Waals surface area contributed by atoms with E-state index in [9.17, 15) is 14.9 Å². The fraction of sp³-hybridized carbons (Fsp3) is 0.0968. The molecule has 1 heterocycles. The number of aryl methyl sites for hydroxylation is 2. The summed E-state index contributed by atoms with van der Waals surface area (Å²) in [7, 11) is 0. The predicted molar refractivity (Wildman–Crippen MR) is 166 cm³/mol. The number of halogens is 2. The van der Waals surface area contributed by atoms with E-state index in [4.69, 9.17) is 32.9 Å². The topological polar surface area (TPSA) is 85.0 Å². The number of rotatable bonds is 7. The number of nitro benzene ring substituents is 1. The lowest BCUT2D eigenvalue weighted by atomic mass is 10.1. The van der Waals surface area contributed by atoms with Gasteiger partial charge in [0.25, 0.3) is 11.6 Å². The van der Waals surface area contributed by atoms with E-state index < -0.39 is 4.92 Å². The number of carbonyl (C=O) groups excluding carboxylic acids is 1. The third-order valence-corrected chi connectivity index (χ3v) is 8.13. The number of nitrogens with zero attached hydrogens (tertiary/aromatic N) is 3. The highest BCUT2D eigenvalue weighted by Crippen LogP contribution is 2.39. The number of nitro groups is 1. The van der Waals surface area contributed by atoms with Crippen LogP contribution in [0.4, 0.5) is 17.1 Å². The first-order valence-corrected chi connectivity index (χ1v) is 14.1. The van der Waals surface area contributed by atoms with Crippen LogP contribution in [0.3, 0.4) is 0 Å². The number of amidine groups is 1. The standard InChI is InChI=1S/C31H23Cl2N3O4S/c1-19-7-11-23(16-26(19)32)34-31-35(25-12-8-20(2)27(33)17-25)30(37)29(41-31)15-22-5-3-4-6-28(22)40-18-21-9-13-24(14-10-21)36(38)39/h3-17H,18H2,1-2H3/b29-15+,34-31?. The van der Waals surface area contributed by atoms with Crippen molar-refractivity contribution in [3.05, 3.63) is 132 Å². The number of anilines is 1. The Bertz CT molecular complexity index is 1720. The molecule has 1 aliphatic heterocycles. The van der Waals surface area contributed by atoms with Gasteiger partial charge in [0, 0.05) is 27.7 Å². The van der Waals surface area contributed by atoms with Crippen LogP contribution >= 0.6 is 35.0 Å². The van der Waals surface area contributed by atoms with Crippen LogP contribution in [0.1, 0.15) is 22.3 Å². The average Bonchev–Trinajstić information content (AvgIpc) is 3.26. The van der Waals surface area contributed by atoms with Crippen molar-refractivity contribution >= 4 is 69.2 Å². The maximum Gasteiger partial charge on any atom is 0.271 e. The first-order chi connectivity index (χ1) is 19.7.